The van der Waals surface area contributed by atoms with Crippen LogP contribution >= 0.6 is 11.6 Å². The van der Waals surface area contributed by atoms with E-state index in [-0.39, 0.29) is 5.60 Å². The number of hydrogen-bond acceptors (Lipinski definition) is 2. The predicted molar refractivity (Wildman–Crippen MR) is 72.0 cm³/mol. The third kappa shape index (κ3) is 2.24. The van der Waals surface area contributed by atoms with Gasteiger partial charge < -0.3 is 9.84 Å². The van der Waals surface area contributed by atoms with E-state index in [0.717, 1.165) is 23.7 Å². The monoisotopic (exact) mass is 266 g/mol. The van der Waals surface area contributed by atoms with Crippen molar-refractivity contribution < 1.29 is 9.84 Å². The lowest BCUT2D eigenvalue weighted by molar-refractivity contribution is -0.0247. The third-order valence-corrected chi connectivity index (χ3v) is 4.49. The van der Waals surface area contributed by atoms with Crippen molar-refractivity contribution in [3.63, 3.8) is 0 Å². The third-order valence-electron chi connectivity index (χ3n) is 4.26. The summed E-state index contributed by atoms with van der Waals surface area (Å²) in [5, 5.41) is 10.9. The number of fused-ring (bicyclic) bond motifs is 1. The maximum absolute atomic E-state index is 10.3. The zero-order valence-corrected chi connectivity index (χ0v) is 11.4. The molecule has 2 nitrogen and oxygen atoms in total. The highest BCUT2D eigenvalue weighted by molar-refractivity contribution is 6.30. The molecular weight excluding hydrogens is 248 g/mol. The lowest BCUT2D eigenvalue weighted by Gasteiger charge is -2.42. The van der Waals surface area contributed by atoms with E-state index >= 15 is 0 Å². The van der Waals surface area contributed by atoms with Gasteiger partial charge in [0.1, 0.15) is 11.4 Å². The molecule has 0 saturated heterocycles. The van der Waals surface area contributed by atoms with Crippen molar-refractivity contribution >= 4 is 11.6 Å². The fraction of sp³-hybridized carbons (Fsp3) is 0.600. The molecule has 2 aliphatic rings. The summed E-state index contributed by atoms with van der Waals surface area (Å²) in [4.78, 5) is 0. The molecular formula is C15H19ClO2. The van der Waals surface area contributed by atoms with Crippen LogP contribution in [0.2, 0.25) is 5.02 Å². The number of aliphatic hydroxyl groups excluding tert-OH is 1. The molecule has 1 aromatic rings. The molecule has 3 heteroatoms. The highest BCUT2D eigenvalue weighted by Crippen LogP contribution is 2.45. The molecule has 98 valence electrons. The molecule has 0 amide bonds. The second-order valence-electron chi connectivity index (χ2n) is 5.96. The van der Waals surface area contributed by atoms with Crippen LogP contribution in [-0.4, -0.2) is 10.7 Å². The molecule has 0 bridgehead atoms. The van der Waals surface area contributed by atoms with Gasteiger partial charge in [-0.15, -0.1) is 0 Å². The van der Waals surface area contributed by atoms with Crippen molar-refractivity contribution in [1.29, 1.82) is 0 Å². The Bertz CT molecular complexity index is 456. The van der Waals surface area contributed by atoms with E-state index < -0.39 is 6.10 Å². The lowest BCUT2D eigenvalue weighted by atomic mass is 9.75. The van der Waals surface area contributed by atoms with E-state index in [1.807, 2.05) is 18.2 Å². The first kappa shape index (κ1) is 12.3. The van der Waals surface area contributed by atoms with Crippen molar-refractivity contribution in [1.82, 2.24) is 0 Å². The van der Waals surface area contributed by atoms with E-state index in [4.69, 9.17) is 16.3 Å². The van der Waals surface area contributed by atoms with E-state index in [1.54, 1.807) is 0 Å². The summed E-state index contributed by atoms with van der Waals surface area (Å²) in [7, 11) is 0. The fourth-order valence-electron chi connectivity index (χ4n) is 3.13. The zero-order chi connectivity index (χ0) is 12.8. The second-order valence-corrected chi connectivity index (χ2v) is 6.39. The van der Waals surface area contributed by atoms with E-state index in [0.29, 0.717) is 11.4 Å². The lowest BCUT2D eigenvalue weighted by Crippen LogP contribution is -2.41. The van der Waals surface area contributed by atoms with Crippen LogP contribution in [0, 0.1) is 5.92 Å². The predicted octanol–water partition coefficient (Wildman–Crippen LogP) is 4.10. The number of aliphatic hydroxyl groups is 1. The number of halogens is 1. The molecule has 1 fully saturated rings. The average molecular weight is 267 g/mol. The Morgan fingerprint density at radius 2 is 2.22 bits per heavy atom. The van der Waals surface area contributed by atoms with Crippen LogP contribution < -0.4 is 4.74 Å². The Labute approximate surface area is 113 Å². The Morgan fingerprint density at radius 3 is 2.89 bits per heavy atom. The smallest absolute Gasteiger partial charge is 0.126 e. The van der Waals surface area contributed by atoms with Gasteiger partial charge in [-0.3, -0.25) is 0 Å². The molecule has 1 N–H and O–H groups in total. The molecule has 1 saturated carbocycles. The van der Waals surface area contributed by atoms with Crippen molar-refractivity contribution in [2.45, 2.75) is 50.7 Å². The maximum Gasteiger partial charge on any atom is 0.126 e. The van der Waals surface area contributed by atoms with E-state index in [2.05, 4.69) is 6.92 Å². The van der Waals surface area contributed by atoms with Crippen LogP contribution in [0.25, 0.3) is 0 Å². The van der Waals surface area contributed by atoms with Gasteiger partial charge in [0, 0.05) is 17.0 Å². The molecule has 3 rings (SSSR count). The van der Waals surface area contributed by atoms with Crippen LogP contribution in [0.1, 0.15) is 50.7 Å². The average Bonchev–Trinajstić information content (AvgIpc) is 2.25. The van der Waals surface area contributed by atoms with Gasteiger partial charge >= 0.3 is 0 Å². The SMILES string of the molecule is CC1(CC2CCC2)C[C@@H](O)c2cc(Cl)ccc2O1. The largest absolute Gasteiger partial charge is 0.487 e. The molecule has 1 aliphatic carbocycles. The topological polar surface area (TPSA) is 29.5 Å². The first-order chi connectivity index (χ1) is 8.56. The molecule has 1 aromatic carbocycles. The number of benzene rings is 1. The molecule has 1 aliphatic heterocycles. The van der Waals surface area contributed by atoms with Crippen LogP contribution in [0.4, 0.5) is 0 Å². The van der Waals surface area contributed by atoms with Gasteiger partial charge in [0.05, 0.1) is 6.10 Å². The Kier molecular flexibility index (Phi) is 3.03. The van der Waals surface area contributed by atoms with Gasteiger partial charge in [0.2, 0.25) is 0 Å². The second kappa shape index (κ2) is 4.43. The molecule has 1 unspecified atom stereocenters. The molecule has 2 atom stereocenters. The van der Waals surface area contributed by atoms with Gasteiger partial charge in [-0.2, -0.15) is 0 Å². The summed E-state index contributed by atoms with van der Waals surface area (Å²) in [6, 6.07) is 5.51. The van der Waals surface area contributed by atoms with Crippen molar-refractivity contribution in [3.05, 3.63) is 28.8 Å². The standard InChI is InChI=1S/C15H19ClO2/c1-15(8-10-3-2-4-10)9-13(17)12-7-11(16)5-6-14(12)18-15/h5-7,10,13,17H,2-4,8-9H2,1H3/t13-,15?/m1/s1. The minimum absolute atomic E-state index is 0.231. The number of rotatable bonds is 2. The van der Waals surface area contributed by atoms with Crippen LogP contribution in [0.15, 0.2) is 18.2 Å². The molecule has 0 radical (unpaired) electrons. The summed E-state index contributed by atoms with van der Waals surface area (Å²) in [6.45, 7) is 2.12. The maximum atomic E-state index is 10.3. The van der Waals surface area contributed by atoms with Crippen molar-refractivity contribution in [2.75, 3.05) is 0 Å². The number of ether oxygens (including phenoxy) is 1. The summed E-state index contributed by atoms with van der Waals surface area (Å²) in [5.74, 6) is 1.57. The van der Waals surface area contributed by atoms with E-state index in [1.165, 1.54) is 19.3 Å². The zero-order valence-electron chi connectivity index (χ0n) is 10.7. The molecule has 18 heavy (non-hydrogen) atoms. The van der Waals surface area contributed by atoms with E-state index in [9.17, 15) is 5.11 Å². The highest BCUT2D eigenvalue weighted by atomic mass is 35.5. The first-order valence-corrected chi connectivity index (χ1v) is 7.10. The van der Waals surface area contributed by atoms with Gasteiger partial charge in [-0.1, -0.05) is 30.9 Å². The Balaban J connectivity index is 1.83. The fourth-order valence-corrected chi connectivity index (χ4v) is 3.31. The molecule has 0 aromatic heterocycles. The van der Waals surface area contributed by atoms with Crippen LogP contribution in [-0.2, 0) is 0 Å². The van der Waals surface area contributed by atoms with Crippen LogP contribution in [0.3, 0.4) is 0 Å². The normalized spacial score (nSPS) is 31.4. The Morgan fingerprint density at radius 1 is 1.44 bits per heavy atom. The summed E-state index contributed by atoms with van der Waals surface area (Å²) in [6.07, 6.45) is 5.21. The Hall–Kier alpha value is -0.730. The number of hydrogen-bond donors (Lipinski definition) is 1. The van der Waals surface area contributed by atoms with Gasteiger partial charge in [-0.25, -0.2) is 0 Å². The molecule has 0 spiro atoms. The minimum atomic E-state index is -0.461. The summed E-state index contributed by atoms with van der Waals surface area (Å²) >= 11 is 5.96. The molecule has 1 heterocycles. The van der Waals surface area contributed by atoms with Crippen LogP contribution in [0.5, 0.6) is 5.75 Å². The first-order valence-electron chi connectivity index (χ1n) is 6.72. The van der Waals surface area contributed by atoms with Gasteiger partial charge in [0.15, 0.2) is 0 Å². The van der Waals surface area contributed by atoms with Crippen molar-refractivity contribution in [3.8, 4) is 5.75 Å². The highest BCUT2D eigenvalue weighted by Gasteiger charge is 2.39. The summed E-state index contributed by atoms with van der Waals surface area (Å²) in [5.41, 5.74) is 0.597. The van der Waals surface area contributed by atoms with Gasteiger partial charge in [0.25, 0.3) is 0 Å². The van der Waals surface area contributed by atoms with Gasteiger partial charge in [-0.05, 0) is 37.5 Å². The minimum Gasteiger partial charge on any atom is -0.487 e. The van der Waals surface area contributed by atoms with Crippen molar-refractivity contribution in [2.24, 2.45) is 5.92 Å². The quantitative estimate of drug-likeness (QED) is 0.873. The summed E-state index contributed by atoms with van der Waals surface area (Å²) < 4.78 is 6.13.